The molecule has 0 saturated carbocycles. The lowest BCUT2D eigenvalue weighted by atomic mass is 10.1. The number of nitrogen functional groups attached to an aromatic ring is 1. The lowest BCUT2D eigenvalue weighted by Crippen LogP contribution is -2.16. The summed E-state index contributed by atoms with van der Waals surface area (Å²) in [6.07, 6.45) is 1.07. The maximum atomic E-state index is 6.22. The number of aryl methyl sites for hydroxylation is 1. The second-order valence-corrected chi connectivity index (χ2v) is 5.14. The minimum absolute atomic E-state index is 0.688. The smallest absolute Gasteiger partial charge is 0.0660 e. The van der Waals surface area contributed by atoms with Crippen molar-refractivity contribution in [3.63, 3.8) is 0 Å². The molecule has 0 bridgehead atoms. The third kappa shape index (κ3) is 3.42. The number of hydrogen-bond donors (Lipinski definition) is 1. The van der Waals surface area contributed by atoms with Crippen LogP contribution in [0.3, 0.4) is 0 Å². The average Bonchev–Trinajstić information content (AvgIpc) is 2.39. The van der Waals surface area contributed by atoms with Crippen molar-refractivity contribution in [1.82, 2.24) is 0 Å². The van der Waals surface area contributed by atoms with E-state index in [0.717, 1.165) is 18.7 Å². The highest BCUT2D eigenvalue weighted by molar-refractivity contribution is 6.33. The molecule has 0 aliphatic rings. The molecule has 0 spiro atoms. The molecule has 0 radical (unpaired) electrons. The highest BCUT2D eigenvalue weighted by atomic mass is 35.5. The zero-order valence-electron chi connectivity index (χ0n) is 11.4. The summed E-state index contributed by atoms with van der Waals surface area (Å²) in [6, 6.07) is 14.3. The van der Waals surface area contributed by atoms with Crippen molar-refractivity contribution in [3.8, 4) is 0 Å². The van der Waals surface area contributed by atoms with Crippen molar-refractivity contribution in [2.24, 2.45) is 0 Å². The monoisotopic (exact) mass is 274 g/mol. The fourth-order valence-corrected chi connectivity index (χ4v) is 2.41. The Morgan fingerprint density at radius 2 is 1.68 bits per heavy atom. The molecule has 0 unspecified atom stereocenters. The Labute approximate surface area is 119 Å². The molecule has 3 heteroatoms. The summed E-state index contributed by atoms with van der Waals surface area (Å²) in [4.78, 5) is 2.13. The van der Waals surface area contributed by atoms with Gasteiger partial charge in [0, 0.05) is 19.3 Å². The molecule has 19 heavy (non-hydrogen) atoms. The van der Waals surface area contributed by atoms with E-state index in [0.29, 0.717) is 10.7 Å². The van der Waals surface area contributed by atoms with Crippen LogP contribution in [0.1, 0.15) is 18.1 Å². The van der Waals surface area contributed by atoms with Gasteiger partial charge in [-0.3, -0.25) is 0 Å². The number of nitrogens with zero attached hydrogens (tertiary/aromatic N) is 1. The van der Waals surface area contributed by atoms with Crippen LogP contribution in [0.5, 0.6) is 0 Å². The predicted molar refractivity (Wildman–Crippen MR) is 83.8 cm³/mol. The molecule has 0 aromatic heterocycles. The molecule has 0 atom stereocenters. The molecule has 2 aromatic carbocycles. The average molecular weight is 275 g/mol. The van der Waals surface area contributed by atoms with Crippen LogP contribution in [-0.2, 0) is 13.0 Å². The van der Waals surface area contributed by atoms with Crippen LogP contribution >= 0.6 is 11.6 Å². The van der Waals surface area contributed by atoms with Crippen molar-refractivity contribution >= 4 is 23.0 Å². The fourth-order valence-electron chi connectivity index (χ4n) is 2.07. The summed E-state index contributed by atoms with van der Waals surface area (Å²) < 4.78 is 0. The van der Waals surface area contributed by atoms with Crippen molar-refractivity contribution in [1.29, 1.82) is 0 Å². The summed E-state index contributed by atoms with van der Waals surface area (Å²) in [5, 5.41) is 0.688. The molecule has 2 nitrogen and oxygen atoms in total. The molecule has 0 fully saturated rings. The van der Waals surface area contributed by atoms with Gasteiger partial charge in [-0.05, 0) is 35.7 Å². The van der Waals surface area contributed by atoms with Crippen molar-refractivity contribution in [2.75, 3.05) is 17.7 Å². The Kier molecular flexibility index (Phi) is 4.33. The minimum atomic E-state index is 0.688. The van der Waals surface area contributed by atoms with Crippen LogP contribution in [0.4, 0.5) is 11.4 Å². The van der Waals surface area contributed by atoms with Gasteiger partial charge in [-0.25, -0.2) is 0 Å². The quantitative estimate of drug-likeness (QED) is 0.850. The van der Waals surface area contributed by atoms with Gasteiger partial charge < -0.3 is 10.6 Å². The molecule has 2 N–H and O–H groups in total. The Balaban J connectivity index is 2.13. The first-order valence-electron chi connectivity index (χ1n) is 6.44. The fraction of sp³-hybridized carbons (Fsp3) is 0.250. The zero-order valence-corrected chi connectivity index (χ0v) is 12.1. The molecule has 100 valence electrons. The van der Waals surface area contributed by atoms with Crippen LogP contribution in [0.2, 0.25) is 5.02 Å². The maximum Gasteiger partial charge on any atom is 0.0660 e. The van der Waals surface area contributed by atoms with Gasteiger partial charge in [-0.1, -0.05) is 42.8 Å². The Morgan fingerprint density at radius 1 is 1.05 bits per heavy atom. The number of anilines is 2. The Morgan fingerprint density at radius 3 is 2.26 bits per heavy atom. The van der Waals surface area contributed by atoms with E-state index in [4.69, 9.17) is 17.3 Å². The molecule has 0 aliphatic heterocycles. The topological polar surface area (TPSA) is 29.3 Å². The van der Waals surface area contributed by atoms with Crippen LogP contribution < -0.4 is 10.6 Å². The highest BCUT2D eigenvalue weighted by Crippen LogP contribution is 2.28. The van der Waals surface area contributed by atoms with Crippen LogP contribution in [0, 0.1) is 0 Å². The first kappa shape index (κ1) is 13.8. The largest absolute Gasteiger partial charge is 0.399 e. The van der Waals surface area contributed by atoms with E-state index >= 15 is 0 Å². The molecular weight excluding hydrogens is 256 g/mol. The third-order valence-electron chi connectivity index (χ3n) is 3.23. The first-order valence-corrected chi connectivity index (χ1v) is 6.82. The predicted octanol–water partition coefficient (Wildman–Crippen LogP) is 4.12. The molecule has 2 rings (SSSR count). The van der Waals surface area contributed by atoms with E-state index in [1.807, 2.05) is 19.2 Å². The van der Waals surface area contributed by atoms with Gasteiger partial charge in [0.1, 0.15) is 0 Å². The van der Waals surface area contributed by atoms with Crippen molar-refractivity contribution in [3.05, 3.63) is 58.6 Å². The Hall–Kier alpha value is -1.67. The van der Waals surface area contributed by atoms with Gasteiger partial charge in [0.2, 0.25) is 0 Å². The summed E-state index contributed by atoms with van der Waals surface area (Å²) in [7, 11) is 2.03. The molecule has 0 amide bonds. The van der Waals surface area contributed by atoms with Crippen molar-refractivity contribution in [2.45, 2.75) is 19.9 Å². The number of benzene rings is 2. The number of rotatable bonds is 4. The van der Waals surface area contributed by atoms with E-state index in [1.165, 1.54) is 11.1 Å². The van der Waals surface area contributed by atoms with Gasteiger partial charge in [0.25, 0.3) is 0 Å². The zero-order chi connectivity index (χ0) is 13.8. The van der Waals surface area contributed by atoms with Gasteiger partial charge >= 0.3 is 0 Å². The van der Waals surface area contributed by atoms with Gasteiger partial charge in [0.05, 0.1) is 10.7 Å². The number of hydrogen-bond acceptors (Lipinski definition) is 2. The first-order chi connectivity index (χ1) is 9.10. The van der Waals surface area contributed by atoms with Crippen LogP contribution in [-0.4, -0.2) is 7.05 Å². The summed E-state index contributed by atoms with van der Waals surface area (Å²) in [6.45, 7) is 2.99. The number of halogens is 1. The van der Waals surface area contributed by atoms with Crippen LogP contribution in [0.25, 0.3) is 0 Å². The lowest BCUT2D eigenvalue weighted by Gasteiger charge is -2.21. The normalized spacial score (nSPS) is 10.5. The van der Waals surface area contributed by atoms with Gasteiger partial charge in [0.15, 0.2) is 0 Å². The van der Waals surface area contributed by atoms with Crippen molar-refractivity contribution < 1.29 is 0 Å². The minimum Gasteiger partial charge on any atom is -0.399 e. The van der Waals surface area contributed by atoms with E-state index in [1.54, 1.807) is 6.07 Å². The third-order valence-corrected chi connectivity index (χ3v) is 3.54. The van der Waals surface area contributed by atoms with E-state index in [2.05, 4.69) is 36.1 Å². The SMILES string of the molecule is CCc1ccc(CN(C)c2ccc(N)cc2Cl)cc1. The van der Waals surface area contributed by atoms with Crippen LogP contribution in [0.15, 0.2) is 42.5 Å². The van der Waals surface area contributed by atoms with Gasteiger partial charge in [-0.15, -0.1) is 0 Å². The molecular formula is C16H19ClN2. The van der Waals surface area contributed by atoms with E-state index in [-0.39, 0.29) is 0 Å². The molecule has 0 aliphatic carbocycles. The summed E-state index contributed by atoms with van der Waals surface area (Å²) >= 11 is 6.22. The summed E-state index contributed by atoms with van der Waals surface area (Å²) in [5.41, 5.74) is 10.0. The second kappa shape index (κ2) is 5.98. The molecule has 2 aromatic rings. The summed E-state index contributed by atoms with van der Waals surface area (Å²) in [5.74, 6) is 0. The molecule has 0 saturated heterocycles. The maximum absolute atomic E-state index is 6.22. The van der Waals surface area contributed by atoms with E-state index < -0.39 is 0 Å². The molecule has 0 heterocycles. The Bertz CT molecular complexity index is 549. The lowest BCUT2D eigenvalue weighted by molar-refractivity contribution is 0.921. The van der Waals surface area contributed by atoms with Gasteiger partial charge in [-0.2, -0.15) is 0 Å². The standard InChI is InChI=1S/C16H19ClN2/c1-3-12-4-6-13(7-5-12)11-19(2)16-9-8-14(18)10-15(16)17/h4-10H,3,11,18H2,1-2H3. The number of nitrogens with two attached hydrogens (primary N) is 1. The highest BCUT2D eigenvalue weighted by Gasteiger charge is 2.07. The van der Waals surface area contributed by atoms with E-state index in [9.17, 15) is 0 Å². The second-order valence-electron chi connectivity index (χ2n) is 4.74.